The number of anilines is 2. The van der Waals surface area contributed by atoms with Gasteiger partial charge in [-0.05, 0) is 54.8 Å². The number of fused-ring (bicyclic) bond motifs is 1. The minimum absolute atomic E-state index is 0.0687. The second-order valence-electron chi connectivity index (χ2n) is 8.24. The molecule has 1 aromatic heterocycles. The quantitative estimate of drug-likeness (QED) is 0.279. The fourth-order valence-electron chi connectivity index (χ4n) is 3.71. The summed E-state index contributed by atoms with van der Waals surface area (Å²) in [4.78, 5) is 32.5. The molecule has 34 heavy (non-hydrogen) atoms. The van der Waals surface area contributed by atoms with Gasteiger partial charge in [-0.2, -0.15) is 0 Å². The van der Waals surface area contributed by atoms with Crippen LogP contribution in [-0.4, -0.2) is 35.3 Å². The fraction of sp³-hybridized carbons (Fsp3) is 0.222. The summed E-state index contributed by atoms with van der Waals surface area (Å²) in [5.74, 6) is 0.0275. The average Bonchev–Trinajstić information content (AvgIpc) is 2.85. The summed E-state index contributed by atoms with van der Waals surface area (Å²) in [6, 6.07) is 25.2. The average molecular weight is 473 g/mol. The molecular formula is C27H28N4O2S. The lowest BCUT2D eigenvalue weighted by Crippen LogP contribution is -2.24. The van der Waals surface area contributed by atoms with Crippen molar-refractivity contribution in [3.8, 4) is 0 Å². The van der Waals surface area contributed by atoms with Crippen molar-refractivity contribution in [3.63, 3.8) is 0 Å². The second-order valence-corrected chi connectivity index (χ2v) is 9.18. The van der Waals surface area contributed by atoms with E-state index in [9.17, 15) is 9.59 Å². The molecule has 0 fully saturated rings. The van der Waals surface area contributed by atoms with Crippen LogP contribution in [-0.2, 0) is 17.8 Å². The third kappa shape index (κ3) is 5.85. The molecule has 0 radical (unpaired) electrons. The van der Waals surface area contributed by atoms with Crippen LogP contribution in [0.4, 0.5) is 11.4 Å². The zero-order valence-electron chi connectivity index (χ0n) is 19.4. The molecule has 0 unspecified atom stereocenters. The first kappa shape index (κ1) is 23.6. The Kier molecular flexibility index (Phi) is 7.65. The molecule has 3 aromatic carbocycles. The Hall–Kier alpha value is -3.58. The van der Waals surface area contributed by atoms with Gasteiger partial charge in [-0.3, -0.25) is 14.2 Å². The van der Waals surface area contributed by atoms with Crippen molar-refractivity contribution in [2.45, 2.75) is 24.5 Å². The monoisotopic (exact) mass is 472 g/mol. The van der Waals surface area contributed by atoms with Gasteiger partial charge < -0.3 is 10.2 Å². The van der Waals surface area contributed by atoms with Gasteiger partial charge in [-0.25, -0.2) is 4.98 Å². The number of carbonyl (C=O) groups excluding carboxylic acids is 1. The molecule has 1 amide bonds. The van der Waals surface area contributed by atoms with E-state index in [2.05, 4.69) is 17.4 Å². The minimum Gasteiger partial charge on any atom is -0.378 e. The van der Waals surface area contributed by atoms with Gasteiger partial charge in [0.2, 0.25) is 5.91 Å². The number of rotatable bonds is 9. The van der Waals surface area contributed by atoms with Crippen molar-refractivity contribution in [2.75, 3.05) is 30.1 Å². The van der Waals surface area contributed by atoms with Crippen LogP contribution in [0.15, 0.2) is 88.8 Å². The Morgan fingerprint density at radius 1 is 0.971 bits per heavy atom. The fourth-order valence-corrected chi connectivity index (χ4v) is 4.54. The summed E-state index contributed by atoms with van der Waals surface area (Å²) >= 11 is 1.29. The minimum atomic E-state index is -0.138. The van der Waals surface area contributed by atoms with E-state index in [4.69, 9.17) is 4.98 Å². The number of hydrogen-bond donors (Lipinski definition) is 1. The van der Waals surface area contributed by atoms with E-state index < -0.39 is 0 Å². The molecule has 0 aliphatic carbocycles. The summed E-state index contributed by atoms with van der Waals surface area (Å²) in [7, 11) is 3.94. The predicted octanol–water partition coefficient (Wildman–Crippen LogP) is 4.83. The normalized spacial score (nSPS) is 10.9. The highest BCUT2D eigenvalue weighted by atomic mass is 32.2. The number of hydrogen-bond acceptors (Lipinski definition) is 5. The molecule has 4 rings (SSSR count). The molecule has 1 heterocycles. The Morgan fingerprint density at radius 3 is 2.41 bits per heavy atom. The third-order valence-electron chi connectivity index (χ3n) is 5.52. The van der Waals surface area contributed by atoms with Crippen molar-refractivity contribution in [3.05, 3.63) is 94.8 Å². The number of benzene rings is 3. The van der Waals surface area contributed by atoms with Gasteiger partial charge in [0, 0.05) is 32.0 Å². The molecule has 0 aliphatic rings. The number of nitrogens with one attached hydrogen (secondary N) is 1. The van der Waals surface area contributed by atoms with Crippen molar-refractivity contribution >= 4 is 39.9 Å². The highest BCUT2D eigenvalue weighted by Gasteiger charge is 2.13. The molecule has 1 N–H and O–H groups in total. The molecule has 7 heteroatoms. The number of para-hydroxylation sites is 1. The highest BCUT2D eigenvalue weighted by molar-refractivity contribution is 7.99. The Labute approximate surface area is 203 Å². The van der Waals surface area contributed by atoms with Gasteiger partial charge in [-0.15, -0.1) is 0 Å². The zero-order chi connectivity index (χ0) is 23.9. The van der Waals surface area contributed by atoms with Gasteiger partial charge >= 0.3 is 0 Å². The number of nitrogens with zero attached hydrogens (tertiary/aromatic N) is 3. The molecule has 0 saturated heterocycles. The third-order valence-corrected chi connectivity index (χ3v) is 6.49. The lowest BCUT2D eigenvalue weighted by molar-refractivity contribution is -0.113. The van der Waals surface area contributed by atoms with E-state index in [1.807, 2.05) is 79.7 Å². The van der Waals surface area contributed by atoms with Crippen molar-refractivity contribution in [2.24, 2.45) is 0 Å². The summed E-state index contributed by atoms with van der Waals surface area (Å²) in [6.07, 6.45) is 1.68. The highest BCUT2D eigenvalue weighted by Crippen LogP contribution is 2.20. The lowest BCUT2D eigenvalue weighted by Gasteiger charge is -2.14. The van der Waals surface area contributed by atoms with Crippen LogP contribution >= 0.6 is 11.8 Å². The maximum Gasteiger partial charge on any atom is 0.262 e. The standard InChI is InChI=1S/C27H28N4O2S/c1-30(2)22-16-14-21(15-17-22)28-25(32)19-34-27-29-24-13-7-6-12-23(24)26(33)31(27)18-8-11-20-9-4-3-5-10-20/h3-7,9-10,12-17H,8,11,18-19H2,1-2H3,(H,28,32). The van der Waals surface area contributed by atoms with Crippen LogP contribution in [0.1, 0.15) is 12.0 Å². The Bertz CT molecular complexity index is 1320. The van der Waals surface area contributed by atoms with Crippen molar-refractivity contribution < 1.29 is 4.79 Å². The summed E-state index contributed by atoms with van der Waals surface area (Å²) in [6.45, 7) is 0.543. The van der Waals surface area contributed by atoms with Gasteiger partial charge in [0.1, 0.15) is 0 Å². The Morgan fingerprint density at radius 2 is 1.68 bits per heavy atom. The first-order valence-corrected chi connectivity index (χ1v) is 12.2. The molecule has 6 nitrogen and oxygen atoms in total. The second kappa shape index (κ2) is 11.0. The molecule has 174 valence electrons. The number of carbonyl (C=O) groups is 1. The lowest BCUT2D eigenvalue weighted by atomic mass is 10.1. The molecule has 0 bridgehead atoms. The number of aromatic nitrogens is 2. The van der Waals surface area contributed by atoms with Gasteiger partial charge in [0.25, 0.3) is 5.56 Å². The summed E-state index contributed by atoms with van der Waals surface area (Å²) < 4.78 is 1.70. The zero-order valence-corrected chi connectivity index (χ0v) is 20.2. The van der Waals surface area contributed by atoms with Crippen LogP contribution in [0.5, 0.6) is 0 Å². The number of thioether (sulfide) groups is 1. The van der Waals surface area contributed by atoms with E-state index in [1.54, 1.807) is 10.6 Å². The van der Waals surface area contributed by atoms with Crippen LogP contribution in [0, 0.1) is 0 Å². The Balaban J connectivity index is 1.48. The van der Waals surface area contributed by atoms with Crippen LogP contribution < -0.4 is 15.8 Å². The maximum absolute atomic E-state index is 13.2. The van der Waals surface area contributed by atoms with Crippen molar-refractivity contribution in [1.29, 1.82) is 0 Å². The molecule has 0 atom stereocenters. The van der Waals surface area contributed by atoms with Crippen LogP contribution in [0.3, 0.4) is 0 Å². The van der Waals surface area contributed by atoms with E-state index in [1.165, 1.54) is 17.3 Å². The molecule has 0 spiro atoms. The topological polar surface area (TPSA) is 67.2 Å². The number of amides is 1. The predicted molar refractivity (Wildman–Crippen MR) is 141 cm³/mol. The smallest absolute Gasteiger partial charge is 0.262 e. The summed E-state index contributed by atoms with van der Waals surface area (Å²) in [5, 5.41) is 4.08. The van der Waals surface area contributed by atoms with E-state index >= 15 is 0 Å². The molecule has 0 saturated carbocycles. The molecule has 0 aliphatic heterocycles. The first-order chi connectivity index (χ1) is 16.5. The van der Waals surface area contributed by atoms with Crippen molar-refractivity contribution in [1.82, 2.24) is 9.55 Å². The van der Waals surface area contributed by atoms with Gasteiger partial charge in [-0.1, -0.05) is 54.2 Å². The number of aryl methyl sites for hydroxylation is 1. The molecule has 4 aromatic rings. The van der Waals surface area contributed by atoms with Crippen LogP contribution in [0.25, 0.3) is 10.9 Å². The summed E-state index contributed by atoms with van der Waals surface area (Å²) in [5.41, 5.74) is 3.61. The van der Waals surface area contributed by atoms with Gasteiger partial charge in [0.15, 0.2) is 5.16 Å². The van der Waals surface area contributed by atoms with E-state index in [-0.39, 0.29) is 17.2 Å². The SMILES string of the molecule is CN(C)c1ccc(NC(=O)CSc2nc3ccccc3c(=O)n2CCCc2ccccc2)cc1. The van der Waals surface area contributed by atoms with E-state index in [0.717, 1.165) is 24.2 Å². The first-order valence-electron chi connectivity index (χ1n) is 11.2. The van der Waals surface area contributed by atoms with E-state index in [0.29, 0.717) is 22.6 Å². The van der Waals surface area contributed by atoms with Crippen LogP contribution in [0.2, 0.25) is 0 Å². The largest absolute Gasteiger partial charge is 0.378 e. The van der Waals surface area contributed by atoms with Gasteiger partial charge in [0.05, 0.1) is 16.7 Å². The maximum atomic E-state index is 13.2. The molecular weight excluding hydrogens is 444 g/mol.